The van der Waals surface area contributed by atoms with Crippen LogP contribution in [0.5, 0.6) is 0 Å². The van der Waals surface area contributed by atoms with Crippen molar-refractivity contribution < 1.29 is 0 Å². The van der Waals surface area contributed by atoms with E-state index in [9.17, 15) is 0 Å². The SMILES string of the molecule is ClCCSC(CCl)CSCC(CCl)SCCCl.ClCCSCC(CCl)SC(CCl)CSCCCl. The van der Waals surface area contributed by atoms with E-state index >= 15 is 0 Å². The van der Waals surface area contributed by atoms with E-state index in [-0.39, 0.29) is 0 Å². The van der Waals surface area contributed by atoms with Crippen LogP contribution in [0.1, 0.15) is 0 Å². The number of thioether (sulfide) groups is 6. The van der Waals surface area contributed by atoms with Crippen LogP contribution >= 0.6 is 163 Å². The maximum Gasteiger partial charge on any atom is 0.0350 e. The molecule has 0 aliphatic carbocycles. The summed E-state index contributed by atoms with van der Waals surface area (Å²) < 4.78 is 0. The maximum atomic E-state index is 5.97. The highest BCUT2D eigenvalue weighted by Gasteiger charge is 2.16. The van der Waals surface area contributed by atoms with Crippen LogP contribution in [0.25, 0.3) is 0 Å². The molecule has 4 unspecified atom stereocenters. The highest BCUT2D eigenvalue weighted by molar-refractivity contribution is 8.05. The van der Waals surface area contributed by atoms with E-state index in [0.29, 0.717) is 68.0 Å². The molecule has 0 nitrogen and oxygen atoms in total. The zero-order chi connectivity index (χ0) is 25.9. The summed E-state index contributed by atoms with van der Waals surface area (Å²) in [6.45, 7) is 0. The van der Waals surface area contributed by atoms with Crippen LogP contribution in [0.3, 0.4) is 0 Å². The van der Waals surface area contributed by atoms with E-state index in [0.717, 1.165) is 46.0 Å². The van der Waals surface area contributed by atoms with Crippen molar-refractivity contribution in [2.24, 2.45) is 0 Å². The zero-order valence-corrected chi connectivity index (χ0v) is 30.0. The first-order valence-electron chi connectivity index (χ1n) is 10.7. The molecule has 34 heavy (non-hydrogen) atoms. The third kappa shape index (κ3) is 28.0. The molecule has 208 valence electrons. The van der Waals surface area contributed by atoms with Gasteiger partial charge in [0.1, 0.15) is 0 Å². The van der Waals surface area contributed by atoms with E-state index in [4.69, 9.17) is 92.8 Å². The van der Waals surface area contributed by atoms with Gasteiger partial charge in [0.2, 0.25) is 0 Å². The van der Waals surface area contributed by atoms with Gasteiger partial charge in [0.15, 0.2) is 0 Å². The van der Waals surface area contributed by atoms with E-state index in [1.807, 2.05) is 70.6 Å². The Kier molecular flexibility index (Phi) is 40.1. The maximum absolute atomic E-state index is 5.97. The van der Waals surface area contributed by atoms with Gasteiger partial charge in [-0.2, -0.15) is 70.6 Å². The molecule has 0 aromatic rings. The van der Waals surface area contributed by atoms with E-state index in [2.05, 4.69) is 0 Å². The van der Waals surface area contributed by atoms with Gasteiger partial charge in [0.05, 0.1) is 0 Å². The van der Waals surface area contributed by atoms with Gasteiger partial charge in [0.25, 0.3) is 0 Å². The Labute approximate surface area is 274 Å². The monoisotopic (exact) mass is 748 g/mol. The van der Waals surface area contributed by atoms with Crippen LogP contribution in [-0.2, 0) is 0 Å². The smallest absolute Gasteiger partial charge is 0.0350 e. The molecule has 0 aromatic carbocycles. The minimum Gasteiger partial charge on any atom is -0.160 e. The highest BCUT2D eigenvalue weighted by atomic mass is 35.5. The molecule has 0 aromatic heterocycles. The Morgan fingerprint density at radius 3 is 1.00 bits per heavy atom. The van der Waals surface area contributed by atoms with Crippen molar-refractivity contribution in [3.05, 3.63) is 0 Å². The first kappa shape index (κ1) is 40.6. The fourth-order valence-electron chi connectivity index (χ4n) is 2.08. The molecule has 0 radical (unpaired) electrons. The summed E-state index contributed by atoms with van der Waals surface area (Å²) in [4.78, 5) is 0. The van der Waals surface area contributed by atoms with Crippen LogP contribution in [0.2, 0.25) is 0 Å². The van der Waals surface area contributed by atoms with Crippen LogP contribution in [-0.4, -0.2) is 114 Å². The molecule has 0 saturated heterocycles. The zero-order valence-electron chi connectivity index (χ0n) is 19.1. The molecule has 0 N–H and O–H groups in total. The summed E-state index contributed by atoms with van der Waals surface area (Å²) in [6.07, 6.45) is 0. The second kappa shape index (κ2) is 33.6. The Balaban J connectivity index is 0. The molecule has 0 bridgehead atoms. The summed E-state index contributed by atoms with van der Waals surface area (Å²) in [5, 5.41) is 1.92. The van der Waals surface area contributed by atoms with Crippen molar-refractivity contribution in [2.45, 2.75) is 21.0 Å². The number of halogens is 8. The van der Waals surface area contributed by atoms with Gasteiger partial charge in [-0.25, -0.2) is 0 Å². The van der Waals surface area contributed by atoms with Crippen LogP contribution in [0.4, 0.5) is 0 Å². The van der Waals surface area contributed by atoms with Crippen molar-refractivity contribution in [3.63, 3.8) is 0 Å². The van der Waals surface area contributed by atoms with Gasteiger partial charge in [0, 0.05) is 114 Å². The third-order valence-corrected chi connectivity index (χ3v) is 15.8. The lowest BCUT2D eigenvalue weighted by molar-refractivity contribution is 1.08. The quantitative estimate of drug-likeness (QED) is 0.0707. The Morgan fingerprint density at radius 1 is 0.382 bits per heavy atom. The average Bonchev–Trinajstić information content (AvgIpc) is 2.86. The molecule has 0 rings (SSSR count). The molecular formula is C20H36Cl8S6. The minimum atomic E-state index is 0.463. The Morgan fingerprint density at radius 2 is 0.706 bits per heavy atom. The first-order valence-corrected chi connectivity index (χ1v) is 21.4. The lowest BCUT2D eigenvalue weighted by Gasteiger charge is -2.19. The van der Waals surface area contributed by atoms with E-state index in [1.165, 1.54) is 0 Å². The second-order valence-corrected chi connectivity index (χ2v) is 17.0. The normalized spacial score (nSPS) is 14.8. The summed E-state index contributed by atoms with van der Waals surface area (Å²) in [7, 11) is 0. The lowest BCUT2D eigenvalue weighted by Crippen LogP contribution is -2.18. The average molecular weight is 753 g/mol. The molecule has 0 heterocycles. The molecule has 4 atom stereocenters. The van der Waals surface area contributed by atoms with Gasteiger partial charge >= 0.3 is 0 Å². The molecule has 0 aliphatic rings. The minimum absolute atomic E-state index is 0.463. The summed E-state index contributed by atoms with van der Waals surface area (Å²) in [5.74, 6) is 13.7. The predicted octanol–water partition coefficient (Wildman–Crippen LogP) is 9.76. The summed E-state index contributed by atoms with van der Waals surface area (Å²) >= 11 is 57.6. The standard InChI is InChI=1S/2C10H18Cl4S3/c11-1-3-16-9(5-13)7-15-8-10(6-14)17-4-2-12;11-1-3-15-7-9(5-13)17-10(6-14)8-16-4-2-12/h2*9-10H,1-8H2. The van der Waals surface area contributed by atoms with Gasteiger partial charge in [-0.3, -0.25) is 0 Å². The molecule has 0 aliphatic heterocycles. The molecule has 14 heteroatoms. The van der Waals surface area contributed by atoms with Crippen molar-refractivity contribution in [1.29, 1.82) is 0 Å². The first-order chi connectivity index (χ1) is 16.6. The fourth-order valence-corrected chi connectivity index (χ4v) is 11.7. The largest absolute Gasteiger partial charge is 0.160 e. The molecular weight excluding hydrogens is 716 g/mol. The number of alkyl halides is 8. The highest BCUT2D eigenvalue weighted by Crippen LogP contribution is 2.26. The molecule has 0 fully saturated rings. The van der Waals surface area contributed by atoms with Gasteiger partial charge in [-0.15, -0.1) is 92.8 Å². The van der Waals surface area contributed by atoms with Crippen LogP contribution < -0.4 is 0 Å². The number of hydrogen-bond donors (Lipinski definition) is 0. The van der Waals surface area contributed by atoms with E-state index in [1.54, 1.807) is 0 Å². The molecule has 0 spiro atoms. The lowest BCUT2D eigenvalue weighted by atomic mass is 10.5. The molecule has 0 saturated carbocycles. The van der Waals surface area contributed by atoms with Crippen molar-refractivity contribution >= 4 is 163 Å². The molecule has 0 amide bonds. The summed E-state index contributed by atoms with van der Waals surface area (Å²) in [6, 6.07) is 0. The second-order valence-electron chi connectivity index (χ2n) is 6.43. The topological polar surface area (TPSA) is 0 Å². The Hall–Kier alpha value is 4.42. The predicted molar refractivity (Wildman–Crippen MR) is 185 cm³/mol. The van der Waals surface area contributed by atoms with Crippen molar-refractivity contribution in [2.75, 3.05) is 93.1 Å². The van der Waals surface area contributed by atoms with Gasteiger partial charge in [-0.1, -0.05) is 0 Å². The summed E-state index contributed by atoms with van der Waals surface area (Å²) in [5.41, 5.74) is 0. The Bertz CT molecular complexity index is 361. The van der Waals surface area contributed by atoms with Gasteiger partial charge in [-0.05, 0) is 0 Å². The van der Waals surface area contributed by atoms with Gasteiger partial charge < -0.3 is 0 Å². The van der Waals surface area contributed by atoms with Crippen LogP contribution in [0.15, 0.2) is 0 Å². The fraction of sp³-hybridized carbons (Fsp3) is 1.00. The van der Waals surface area contributed by atoms with Crippen molar-refractivity contribution in [1.82, 2.24) is 0 Å². The van der Waals surface area contributed by atoms with Crippen molar-refractivity contribution in [3.8, 4) is 0 Å². The third-order valence-electron chi connectivity index (χ3n) is 3.59. The van der Waals surface area contributed by atoms with E-state index < -0.39 is 0 Å². The van der Waals surface area contributed by atoms with Crippen LogP contribution in [0, 0.1) is 0 Å². The number of rotatable bonds is 24. The number of hydrogen-bond acceptors (Lipinski definition) is 6.